The van der Waals surface area contributed by atoms with Crippen LogP contribution >= 0.6 is 11.3 Å². The predicted octanol–water partition coefficient (Wildman–Crippen LogP) is 3.72. The molecule has 3 heterocycles. The number of thiophene rings is 1. The van der Waals surface area contributed by atoms with Gasteiger partial charge in [-0.05, 0) is 42.8 Å². The van der Waals surface area contributed by atoms with E-state index in [1.54, 1.807) is 0 Å². The van der Waals surface area contributed by atoms with Crippen LogP contribution in [0.2, 0.25) is 0 Å². The van der Waals surface area contributed by atoms with Crippen molar-refractivity contribution in [1.29, 1.82) is 0 Å². The molecule has 2 unspecified atom stereocenters. The van der Waals surface area contributed by atoms with E-state index < -0.39 is 0 Å². The van der Waals surface area contributed by atoms with Gasteiger partial charge in [-0.2, -0.15) is 0 Å². The number of carbonyl (C=O) groups excluding carboxylic acids is 2. The number of hydrogen-bond donors (Lipinski definition) is 0. The molecule has 0 aliphatic carbocycles. The molecule has 2 aliphatic rings. The molecule has 0 N–H and O–H groups in total. The van der Waals surface area contributed by atoms with Crippen molar-refractivity contribution in [3.05, 3.63) is 57.3 Å². The van der Waals surface area contributed by atoms with Crippen molar-refractivity contribution in [2.45, 2.75) is 46.2 Å². The molecule has 1 fully saturated rings. The maximum absolute atomic E-state index is 13.3. The second-order valence-corrected chi connectivity index (χ2v) is 10.2. The van der Waals surface area contributed by atoms with E-state index in [1.165, 1.54) is 21.6 Å². The van der Waals surface area contributed by atoms with Gasteiger partial charge in [-0.15, -0.1) is 11.3 Å². The van der Waals surface area contributed by atoms with Gasteiger partial charge in [0.2, 0.25) is 11.8 Å². The van der Waals surface area contributed by atoms with Gasteiger partial charge in [0.1, 0.15) is 0 Å². The third-order valence-electron chi connectivity index (χ3n) is 6.55. The molecule has 2 aromatic rings. The Bertz CT molecular complexity index is 936. The smallest absolute Gasteiger partial charge is 0.236 e. The summed E-state index contributed by atoms with van der Waals surface area (Å²) < 4.78 is 0. The average Bonchev–Trinajstić information content (AvgIpc) is 3.22. The largest absolute Gasteiger partial charge is 0.338 e. The number of fused-ring (bicyclic) bond motifs is 1. The van der Waals surface area contributed by atoms with Crippen LogP contribution in [0.4, 0.5) is 0 Å². The van der Waals surface area contributed by atoms with Crippen LogP contribution in [0.1, 0.15) is 48.4 Å². The van der Waals surface area contributed by atoms with Crippen LogP contribution in [0.5, 0.6) is 0 Å². The minimum absolute atomic E-state index is 0.00637. The van der Waals surface area contributed by atoms with Gasteiger partial charge in [0.25, 0.3) is 0 Å². The first-order valence-electron chi connectivity index (χ1n) is 11.3. The normalized spacial score (nSPS) is 22.0. The summed E-state index contributed by atoms with van der Waals surface area (Å²) in [6.45, 7) is 11.2. The fourth-order valence-electron chi connectivity index (χ4n) is 4.79. The van der Waals surface area contributed by atoms with Gasteiger partial charge in [0, 0.05) is 43.0 Å². The van der Waals surface area contributed by atoms with Crippen molar-refractivity contribution in [2.75, 3.05) is 32.7 Å². The maximum Gasteiger partial charge on any atom is 0.236 e. The monoisotopic (exact) mass is 439 g/mol. The summed E-state index contributed by atoms with van der Waals surface area (Å²) in [4.78, 5) is 33.4. The fourth-order valence-corrected chi connectivity index (χ4v) is 5.70. The van der Waals surface area contributed by atoms with E-state index in [0.29, 0.717) is 26.2 Å². The molecular formula is C25H33N3O2S. The lowest BCUT2D eigenvalue weighted by Crippen LogP contribution is -2.57. The van der Waals surface area contributed by atoms with Crippen LogP contribution in [-0.2, 0) is 16.0 Å². The van der Waals surface area contributed by atoms with Gasteiger partial charge >= 0.3 is 0 Å². The molecule has 31 heavy (non-hydrogen) atoms. The van der Waals surface area contributed by atoms with E-state index in [9.17, 15) is 9.59 Å². The number of aryl methyl sites for hydroxylation is 1. The number of hydrogen-bond acceptors (Lipinski definition) is 4. The van der Waals surface area contributed by atoms with E-state index >= 15 is 0 Å². The zero-order chi connectivity index (χ0) is 22.1. The molecule has 0 bridgehead atoms. The molecule has 6 heteroatoms. The molecule has 1 saturated heterocycles. The van der Waals surface area contributed by atoms with Gasteiger partial charge < -0.3 is 9.80 Å². The zero-order valence-corrected chi connectivity index (χ0v) is 19.8. The van der Waals surface area contributed by atoms with Gasteiger partial charge in [0.05, 0.1) is 12.6 Å². The Labute approximate surface area is 189 Å². The molecule has 0 spiro atoms. The van der Waals surface area contributed by atoms with Gasteiger partial charge in [-0.3, -0.25) is 14.5 Å². The molecular weight excluding hydrogens is 406 g/mol. The highest BCUT2D eigenvalue weighted by Gasteiger charge is 2.34. The Morgan fingerprint density at radius 2 is 1.84 bits per heavy atom. The second kappa shape index (κ2) is 9.13. The number of piperazine rings is 1. The highest BCUT2D eigenvalue weighted by molar-refractivity contribution is 7.10. The number of benzene rings is 1. The van der Waals surface area contributed by atoms with Crippen molar-refractivity contribution in [2.24, 2.45) is 5.92 Å². The van der Waals surface area contributed by atoms with Crippen LogP contribution in [0, 0.1) is 12.8 Å². The molecule has 0 radical (unpaired) electrons. The summed E-state index contributed by atoms with van der Waals surface area (Å²) in [5.74, 6) is 0.340. The minimum atomic E-state index is -0.00637. The number of rotatable bonds is 4. The first kappa shape index (κ1) is 22.0. The van der Waals surface area contributed by atoms with Crippen molar-refractivity contribution in [1.82, 2.24) is 14.7 Å². The Balaban J connectivity index is 1.48. The SMILES string of the molecule is Cc1ccc(C2c3ccsc3CCN2CC(=O)N2CCN(C(=O)C(C)C)C(C)C2)cc1. The molecule has 5 nitrogen and oxygen atoms in total. The Morgan fingerprint density at radius 1 is 1.10 bits per heavy atom. The van der Waals surface area contributed by atoms with E-state index in [-0.39, 0.29) is 29.8 Å². The van der Waals surface area contributed by atoms with Gasteiger partial charge in [0.15, 0.2) is 0 Å². The van der Waals surface area contributed by atoms with E-state index in [1.807, 2.05) is 41.9 Å². The maximum atomic E-state index is 13.3. The lowest BCUT2D eigenvalue weighted by atomic mass is 9.92. The Morgan fingerprint density at radius 3 is 2.52 bits per heavy atom. The topological polar surface area (TPSA) is 43.9 Å². The Hall–Kier alpha value is -2.18. The number of nitrogens with zero attached hydrogens (tertiary/aromatic N) is 3. The highest BCUT2D eigenvalue weighted by Crippen LogP contribution is 2.37. The number of amides is 2. The summed E-state index contributed by atoms with van der Waals surface area (Å²) in [6.07, 6.45) is 0.996. The average molecular weight is 440 g/mol. The fraction of sp³-hybridized carbons (Fsp3) is 0.520. The van der Waals surface area contributed by atoms with Gasteiger partial charge in [-0.1, -0.05) is 43.7 Å². The summed E-state index contributed by atoms with van der Waals surface area (Å²) in [5, 5.41) is 2.17. The van der Waals surface area contributed by atoms with E-state index in [0.717, 1.165) is 13.0 Å². The second-order valence-electron chi connectivity index (χ2n) is 9.21. The molecule has 4 rings (SSSR count). The summed E-state index contributed by atoms with van der Waals surface area (Å²) in [6, 6.07) is 11.1. The van der Waals surface area contributed by atoms with E-state index in [4.69, 9.17) is 0 Å². The lowest BCUT2D eigenvalue weighted by molar-refractivity contribution is -0.145. The van der Waals surface area contributed by atoms with Gasteiger partial charge in [-0.25, -0.2) is 0 Å². The molecule has 2 aliphatic heterocycles. The van der Waals surface area contributed by atoms with Crippen LogP contribution in [-0.4, -0.2) is 65.3 Å². The first-order chi connectivity index (χ1) is 14.8. The Kier molecular flexibility index (Phi) is 6.49. The molecule has 2 atom stereocenters. The molecule has 1 aromatic heterocycles. The third kappa shape index (κ3) is 4.55. The molecule has 166 valence electrons. The van der Waals surface area contributed by atoms with Crippen molar-refractivity contribution in [3.8, 4) is 0 Å². The minimum Gasteiger partial charge on any atom is -0.338 e. The number of carbonyl (C=O) groups is 2. The summed E-state index contributed by atoms with van der Waals surface area (Å²) in [5.41, 5.74) is 3.84. The summed E-state index contributed by atoms with van der Waals surface area (Å²) >= 11 is 1.82. The van der Waals surface area contributed by atoms with Crippen LogP contribution in [0.3, 0.4) is 0 Å². The van der Waals surface area contributed by atoms with Crippen molar-refractivity contribution < 1.29 is 9.59 Å². The van der Waals surface area contributed by atoms with Crippen molar-refractivity contribution >= 4 is 23.2 Å². The first-order valence-corrected chi connectivity index (χ1v) is 12.2. The third-order valence-corrected chi connectivity index (χ3v) is 7.55. The molecule has 1 aromatic carbocycles. The van der Waals surface area contributed by atoms with Crippen LogP contribution in [0.25, 0.3) is 0 Å². The summed E-state index contributed by atoms with van der Waals surface area (Å²) in [7, 11) is 0. The van der Waals surface area contributed by atoms with Crippen LogP contribution in [0.15, 0.2) is 35.7 Å². The molecule has 0 saturated carbocycles. The zero-order valence-electron chi connectivity index (χ0n) is 19.0. The highest BCUT2D eigenvalue weighted by atomic mass is 32.1. The van der Waals surface area contributed by atoms with E-state index in [2.05, 4.69) is 47.5 Å². The predicted molar refractivity (Wildman–Crippen MR) is 125 cm³/mol. The van der Waals surface area contributed by atoms with Crippen molar-refractivity contribution in [3.63, 3.8) is 0 Å². The van der Waals surface area contributed by atoms with Crippen LogP contribution < -0.4 is 0 Å². The quantitative estimate of drug-likeness (QED) is 0.729. The standard InChI is InChI=1S/C25H33N3O2S/c1-17(2)25(30)28-13-12-26(15-19(28)4)23(29)16-27-11-9-22-21(10-14-31-22)24(27)20-7-5-18(3)6-8-20/h5-8,10,14,17,19,24H,9,11-13,15-16H2,1-4H3. The lowest BCUT2D eigenvalue weighted by Gasteiger charge is -2.42. The molecule has 2 amide bonds.